The van der Waals surface area contributed by atoms with E-state index in [9.17, 15) is 0 Å². The minimum atomic E-state index is 0.183. The standard InChI is InChI=1S/C16H21N3O/c1-4-20-16-10-6-9-15(18-16)19(3)12(2)13-7-5-8-14(17)11-13/h5-12H,4,17H2,1-3H3. The van der Waals surface area contributed by atoms with Gasteiger partial charge in [0.15, 0.2) is 0 Å². The van der Waals surface area contributed by atoms with Gasteiger partial charge in [-0.25, -0.2) is 0 Å². The smallest absolute Gasteiger partial charge is 0.215 e. The van der Waals surface area contributed by atoms with E-state index in [-0.39, 0.29) is 6.04 Å². The molecule has 106 valence electrons. The number of aromatic nitrogens is 1. The third kappa shape index (κ3) is 3.20. The fourth-order valence-corrected chi connectivity index (χ4v) is 2.07. The molecule has 20 heavy (non-hydrogen) atoms. The summed E-state index contributed by atoms with van der Waals surface area (Å²) in [5.41, 5.74) is 7.78. The van der Waals surface area contributed by atoms with Gasteiger partial charge >= 0.3 is 0 Å². The summed E-state index contributed by atoms with van der Waals surface area (Å²) in [4.78, 5) is 6.61. The van der Waals surface area contributed by atoms with Crippen LogP contribution in [0, 0.1) is 0 Å². The van der Waals surface area contributed by atoms with E-state index in [1.54, 1.807) is 0 Å². The number of ether oxygens (including phenoxy) is 1. The highest BCUT2D eigenvalue weighted by Crippen LogP contribution is 2.26. The van der Waals surface area contributed by atoms with Gasteiger partial charge in [0.2, 0.25) is 5.88 Å². The fourth-order valence-electron chi connectivity index (χ4n) is 2.07. The Morgan fingerprint density at radius 2 is 2.00 bits per heavy atom. The first-order valence-corrected chi connectivity index (χ1v) is 6.80. The Morgan fingerprint density at radius 3 is 2.70 bits per heavy atom. The molecule has 0 radical (unpaired) electrons. The van der Waals surface area contributed by atoms with Crippen LogP contribution < -0.4 is 15.4 Å². The number of benzene rings is 1. The van der Waals surface area contributed by atoms with Crippen LogP contribution in [-0.4, -0.2) is 18.6 Å². The molecule has 2 N–H and O–H groups in total. The highest BCUT2D eigenvalue weighted by molar-refractivity contribution is 5.46. The number of nitrogen functional groups attached to an aromatic ring is 1. The van der Waals surface area contributed by atoms with E-state index in [1.807, 2.05) is 50.4 Å². The summed E-state index contributed by atoms with van der Waals surface area (Å²) in [6.07, 6.45) is 0. The van der Waals surface area contributed by atoms with Crippen LogP contribution in [0.3, 0.4) is 0 Å². The minimum absolute atomic E-state index is 0.183. The Hall–Kier alpha value is -2.23. The maximum atomic E-state index is 5.84. The predicted molar refractivity (Wildman–Crippen MR) is 83.1 cm³/mol. The molecule has 0 bridgehead atoms. The van der Waals surface area contributed by atoms with Crippen LogP contribution in [-0.2, 0) is 0 Å². The molecule has 0 saturated heterocycles. The molecule has 4 heteroatoms. The van der Waals surface area contributed by atoms with Crippen molar-refractivity contribution in [3.8, 4) is 5.88 Å². The molecular formula is C16H21N3O. The lowest BCUT2D eigenvalue weighted by atomic mass is 10.1. The summed E-state index contributed by atoms with van der Waals surface area (Å²) in [7, 11) is 2.02. The Labute approximate surface area is 120 Å². The van der Waals surface area contributed by atoms with Gasteiger partial charge in [0.1, 0.15) is 5.82 Å². The SMILES string of the molecule is CCOc1cccc(N(C)C(C)c2cccc(N)c2)n1. The van der Waals surface area contributed by atoms with Gasteiger partial charge in [-0.3, -0.25) is 0 Å². The van der Waals surface area contributed by atoms with Gasteiger partial charge in [-0.15, -0.1) is 0 Å². The summed E-state index contributed by atoms with van der Waals surface area (Å²) in [5.74, 6) is 1.53. The van der Waals surface area contributed by atoms with E-state index in [2.05, 4.69) is 22.9 Å². The molecule has 2 aromatic rings. The molecule has 0 saturated carbocycles. The second-order valence-corrected chi connectivity index (χ2v) is 4.72. The van der Waals surface area contributed by atoms with Crippen molar-refractivity contribution in [3.63, 3.8) is 0 Å². The van der Waals surface area contributed by atoms with Crippen LogP contribution in [0.5, 0.6) is 5.88 Å². The summed E-state index contributed by atoms with van der Waals surface area (Å²) in [6.45, 7) is 4.70. The molecular weight excluding hydrogens is 250 g/mol. The van der Waals surface area contributed by atoms with Crippen molar-refractivity contribution in [2.45, 2.75) is 19.9 Å². The lowest BCUT2D eigenvalue weighted by Gasteiger charge is -2.26. The quantitative estimate of drug-likeness (QED) is 0.848. The molecule has 0 aliphatic rings. The topological polar surface area (TPSA) is 51.4 Å². The van der Waals surface area contributed by atoms with Crippen LogP contribution in [0.25, 0.3) is 0 Å². The van der Waals surface area contributed by atoms with Gasteiger partial charge in [-0.05, 0) is 37.6 Å². The Balaban J connectivity index is 2.21. The van der Waals surface area contributed by atoms with Crippen molar-refractivity contribution >= 4 is 11.5 Å². The van der Waals surface area contributed by atoms with Crippen molar-refractivity contribution in [2.75, 3.05) is 24.3 Å². The molecule has 1 aromatic heterocycles. The number of anilines is 2. The van der Waals surface area contributed by atoms with Crippen LogP contribution in [0.15, 0.2) is 42.5 Å². The van der Waals surface area contributed by atoms with Crippen LogP contribution in [0.4, 0.5) is 11.5 Å². The third-order valence-electron chi connectivity index (χ3n) is 3.34. The number of rotatable bonds is 5. The van der Waals surface area contributed by atoms with E-state index >= 15 is 0 Å². The number of hydrogen-bond donors (Lipinski definition) is 1. The van der Waals surface area contributed by atoms with Crippen LogP contribution in [0.2, 0.25) is 0 Å². The Kier molecular flexibility index (Phi) is 4.45. The van der Waals surface area contributed by atoms with Crippen molar-refractivity contribution in [3.05, 3.63) is 48.0 Å². The molecule has 1 atom stereocenters. The number of nitrogens with two attached hydrogens (primary N) is 1. The Morgan fingerprint density at radius 1 is 1.25 bits per heavy atom. The second kappa shape index (κ2) is 6.28. The average molecular weight is 271 g/mol. The van der Waals surface area contributed by atoms with Crippen molar-refractivity contribution in [1.29, 1.82) is 0 Å². The molecule has 1 unspecified atom stereocenters. The number of hydrogen-bond acceptors (Lipinski definition) is 4. The number of pyridine rings is 1. The fraction of sp³-hybridized carbons (Fsp3) is 0.312. The minimum Gasteiger partial charge on any atom is -0.478 e. The summed E-state index contributed by atoms with van der Waals surface area (Å²) in [6, 6.07) is 13.9. The zero-order valence-electron chi connectivity index (χ0n) is 12.2. The molecule has 4 nitrogen and oxygen atoms in total. The van der Waals surface area contributed by atoms with E-state index in [1.165, 1.54) is 0 Å². The third-order valence-corrected chi connectivity index (χ3v) is 3.34. The van der Waals surface area contributed by atoms with Gasteiger partial charge in [0.25, 0.3) is 0 Å². The molecule has 0 aliphatic heterocycles. The highest BCUT2D eigenvalue weighted by atomic mass is 16.5. The van der Waals surface area contributed by atoms with Crippen LogP contribution in [0.1, 0.15) is 25.5 Å². The first-order chi connectivity index (χ1) is 9.61. The summed E-state index contributed by atoms with van der Waals surface area (Å²) < 4.78 is 5.44. The highest BCUT2D eigenvalue weighted by Gasteiger charge is 2.14. The van der Waals surface area contributed by atoms with Crippen LogP contribution >= 0.6 is 0 Å². The van der Waals surface area contributed by atoms with Gasteiger partial charge in [0.05, 0.1) is 12.6 Å². The van der Waals surface area contributed by atoms with Crippen molar-refractivity contribution < 1.29 is 4.74 Å². The molecule has 0 amide bonds. The number of nitrogens with zero attached hydrogens (tertiary/aromatic N) is 2. The second-order valence-electron chi connectivity index (χ2n) is 4.72. The van der Waals surface area contributed by atoms with E-state index < -0.39 is 0 Å². The van der Waals surface area contributed by atoms with Gasteiger partial charge in [0, 0.05) is 18.8 Å². The van der Waals surface area contributed by atoms with Crippen molar-refractivity contribution in [2.24, 2.45) is 0 Å². The largest absolute Gasteiger partial charge is 0.478 e. The first kappa shape index (κ1) is 14.2. The van der Waals surface area contributed by atoms with Crippen molar-refractivity contribution in [1.82, 2.24) is 4.98 Å². The maximum Gasteiger partial charge on any atom is 0.215 e. The summed E-state index contributed by atoms with van der Waals surface area (Å²) in [5, 5.41) is 0. The molecule has 1 aromatic carbocycles. The predicted octanol–water partition coefficient (Wildman–Crippen LogP) is 3.26. The zero-order valence-corrected chi connectivity index (χ0v) is 12.2. The Bertz CT molecular complexity index is 571. The monoisotopic (exact) mass is 271 g/mol. The first-order valence-electron chi connectivity index (χ1n) is 6.80. The molecule has 0 spiro atoms. The molecule has 2 rings (SSSR count). The summed E-state index contributed by atoms with van der Waals surface area (Å²) >= 11 is 0. The van der Waals surface area contributed by atoms with Gasteiger partial charge < -0.3 is 15.4 Å². The molecule has 0 fully saturated rings. The van der Waals surface area contributed by atoms with Gasteiger partial charge in [-0.2, -0.15) is 4.98 Å². The molecule has 1 heterocycles. The average Bonchev–Trinajstić information content (AvgIpc) is 2.46. The lowest BCUT2D eigenvalue weighted by molar-refractivity contribution is 0.327. The van der Waals surface area contributed by atoms with E-state index in [4.69, 9.17) is 10.5 Å². The zero-order chi connectivity index (χ0) is 14.5. The van der Waals surface area contributed by atoms with E-state index in [0.717, 1.165) is 17.1 Å². The lowest BCUT2D eigenvalue weighted by Crippen LogP contribution is -2.22. The van der Waals surface area contributed by atoms with Gasteiger partial charge in [-0.1, -0.05) is 18.2 Å². The normalized spacial score (nSPS) is 11.9. The molecule has 0 aliphatic carbocycles. The van der Waals surface area contributed by atoms with E-state index in [0.29, 0.717) is 12.5 Å². The maximum absolute atomic E-state index is 5.84.